The van der Waals surface area contributed by atoms with Crippen molar-refractivity contribution in [2.45, 2.75) is 62.7 Å². The van der Waals surface area contributed by atoms with Crippen LogP contribution >= 0.6 is 0 Å². The number of aromatic nitrogens is 1. The molecular weight excluding hydrogens is 324 g/mol. The fourth-order valence-electron chi connectivity index (χ4n) is 5.57. The van der Waals surface area contributed by atoms with E-state index in [-0.39, 0.29) is 17.2 Å². The lowest BCUT2D eigenvalue weighted by molar-refractivity contribution is -0.138. The molecule has 142 valence electrons. The zero-order valence-electron chi connectivity index (χ0n) is 16.6. The molecule has 4 nitrogen and oxygen atoms in total. The second-order valence-corrected chi connectivity index (χ2v) is 8.25. The van der Waals surface area contributed by atoms with Crippen molar-refractivity contribution in [1.29, 1.82) is 0 Å². The van der Waals surface area contributed by atoms with Crippen molar-refractivity contribution in [3.8, 4) is 0 Å². The third kappa shape index (κ3) is 2.54. The number of H-pyrrole nitrogens is 1. The molecular formula is C22H32N2O2. The van der Waals surface area contributed by atoms with Crippen molar-refractivity contribution in [2.75, 3.05) is 27.8 Å². The van der Waals surface area contributed by atoms with E-state index in [1.54, 1.807) is 0 Å². The van der Waals surface area contributed by atoms with Gasteiger partial charge in [0.15, 0.2) is 0 Å². The number of methoxy groups -OCH3 is 1. The van der Waals surface area contributed by atoms with E-state index in [1.165, 1.54) is 22.2 Å². The summed E-state index contributed by atoms with van der Waals surface area (Å²) in [5.74, 6) is 0. The fraction of sp³-hybridized carbons (Fsp3) is 0.636. The summed E-state index contributed by atoms with van der Waals surface area (Å²) in [5, 5.41) is 1.37. The van der Waals surface area contributed by atoms with Crippen LogP contribution in [0.1, 0.15) is 50.3 Å². The summed E-state index contributed by atoms with van der Waals surface area (Å²) in [4.78, 5) is 6.12. The van der Waals surface area contributed by atoms with Gasteiger partial charge in [-0.3, -0.25) is 0 Å². The van der Waals surface area contributed by atoms with Gasteiger partial charge in [-0.05, 0) is 64.3 Å². The van der Waals surface area contributed by atoms with E-state index in [0.717, 1.165) is 45.1 Å². The highest BCUT2D eigenvalue weighted by Crippen LogP contribution is 2.50. The summed E-state index contributed by atoms with van der Waals surface area (Å²) in [6.45, 7) is 3.06. The predicted molar refractivity (Wildman–Crippen MR) is 106 cm³/mol. The molecule has 4 rings (SSSR count). The van der Waals surface area contributed by atoms with Gasteiger partial charge in [0.1, 0.15) is 5.60 Å². The average Bonchev–Trinajstić information content (AvgIpc) is 3.05. The maximum atomic E-state index is 6.49. The number of ether oxygens (including phenoxy) is 2. The maximum absolute atomic E-state index is 6.49. The summed E-state index contributed by atoms with van der Waals surface area (Å²) in [7, 11) is 6.27. The molecule has 26 heavy (non-hydrogen) atoms. The monoisotopic (exact) mass is 356 g/mol. The second kappa shape index (κ2) is 6.66. The topological polar surface area (TPSA) is 37.5 Å². The van der Waals surface area contributed by atoms with Crippen molar-refractivity contribution < 1.29 is 9.47 Å². The third-order valence-electron chi connectivity index (χ3n) is 7.07. The Morgan fingerprint density at radius 1 is 1.19 bits per heavy atom. The van der Waals surface area contributed by atoms with Crippen LogP contribution in [0.5, 0.6) is 0 Å². The van der Waals surface area contributed by atoms with E-state index in [4.69, 9.17) is 9.47 Å². The molecule has 2 aromatic rings. The van der Waals surface area contributed by atoms with Gasteiger partial charge in [-0.15, -0.1) is 0 Å². The first kappa shape index (κ1) is 18.0. The number of rotatable bonds is 4. The van der Waals surface area contributed by atoms with Gasteiger partial charge < -0.3 is 19.4 Å². The summed E-state index contributed by atoms with van der Waals surface area (Å²) >= 11 is 0. The van der Waals surface area contributed by atoms with Gasteiger partial charge in [0.25, 0.3) is 0 Å². The summed E-state index contributed by atoms with van der Waals surface area (Å²) in [6.07, 6.45) is 6.61. The SMILES string of the molecule is CCC(OC)C1(N(C)C)CCC2(CC1)OCCc1c2[nH]c2ccccc12. The minimum absolute atomic E-state index is 0.0989. The number of aromatic amines is 1. The van der Waals surface area contributed by atoms with Crippen LogP contribution in [0.25, 0.3) is 10.9 Å². The van der Waals surface area contributed by atoms with Gasteiger partial charge in [0, 0.05) is 23.6 Å². The van der Waals surface area contributed by atoms with Crippen molar-refractivity contribution in [1.82, 2.24) is 9.88 Å². The Balaban J connectivity index is 1.69. The number of nitrogens with zero attached hydrogens (tertiary/aromatic N) is 1. The number of benzene rings is 1. The van der Waals surface area contributed by atoms with Crippen molar-refractivity contribution in [3.63, 3.8) is 0 Å². The largest absolute Gasteiger partial charge is 0.380 e. The summed E-state index contributed by atoms with van der Waals surface area (Å²) in [5.41, 5.74) is 4.00. The Kier molecular flexibility index (Phi) is 4.62. The minimum Gasteiger partial charge on any atom is -0.380 e. The van der Waals surface area contributed by atoms with Crippen LogP contribution in [0.3, 0.4) is 0 Å². The Morgan fingerprint density at radius 2 is 1.92 bits per heavy atom. The average molecular weight is 357 g/mol. The van der Waals surface area contributed by atoms with E-state index in [9.17, 15) is 0 Å². The maximum Gasteiger partial charge on any atom is 0.108 e. The number of fused-ring (bicyclic) bond motifs is 4. The number of para-hydroxylation sites is 1. The smallest absolute Gasteiger partial charge is 0.108 e. The highest BCUT2D eigenvalue weighted by atomic mass is 16.5. The molecule has 1 spiro atoms. The molecule has 2 aliphatic rings. The highest BCUT2D eigenvalue weighted by molar-refractivity contribution is 5.85. The first-order chi connectivity index (χ1) is 12.6. The molecule has 1 fully saturated rings. The van der Waals surface area contributed by atoms with Gasteiger partial charge in [-0.1, -0.05) is 25.1 Å². The van der Waals surface area contributed by atoms with Crippen LogP contribution in [0.4, 0.5) is 0 Å². The van der Waals surface area contributed by atoms with Crippen LogP contribution in [0.2, 0.25) is 0 Å². The Bertz CT molecular complexity index is 768. The van der Waals surface area contributed by atoms with Crippen molar-refractivity contribution in [2.24, 2.45) is 0 Å². The van der Waals surface area contributed by atoms with Crippen LogP contribution in [0.15, 0.2) is 24.3 Å². The molecule has 0 bridgehead atoms. The molecule has 0 radical (unpaired) electrons. The molecule has 0 amide bonds. The van der Waals surface area contributed by atoms with Gasteiger partial charge in [0.2, 0.25) is 0 Å². The van der Waals surface area contributed by atoms with E-state index in [1.807, 2.05) is 7.11 Å². The first-order valence-electron chi connectivity index (χ1n) is 10.0. The van der Waals surface area contributed by atoms with E-state index in [0.29, 0.717) is 0 Å². The highest BCUT2D eigenvalue weighted by Gasteiger charge is 2.51. The lowest BCUT2D eigenvalue weighted by Crippen LogP contribution is -2.58. The van der Waals surface area contributed by atoms with Crippen LogP contribution in [-0.2, 0) is 21.5 Å². The van der Waals surface area contributed by atoms with Crippen molar-refractivity contribution in [3.05, 3.63) is 35.5 Å². The molecule has 1 aromatic heterocycles. The zero-order chi connectivity index (χ0) is 18.4. The third-order valence-corrected chi connectivity index (χ3v) is 7.07. The molecule has 2 heterocycles. The van der Waals surface area contributed by atoms with E-state index in [2.05, 4.69) is 55.2 Å². The van der Waals surface area contributed by atoms with Gasteiger partial charge in [0.05, 0.1) is 18.4 Å². The number of hydrogen-bond acceptors (Lipinski definition) is 3. The molecule has 1 aliphatic carbocycles. The van der Waals surface area contributed by atoms with Crippen LogP contribution in [-0.4, -0.2) is 49.3 Å². The first-order valence-corrected chi connectivity index (χ1v) is 10.0. The summed E-state index contributed by atoms with van der Waals surface area (Å²) in [6, 6.07) is 8.68. The molecule has 1 aliphatic heterocycles. The molecule has 1 N–H and O–H groups in total. The van der Waals surface area contributed by atoms with E-state index >= 15 is 0 Å². The lowest BCUT2D eigenvalue weighted by atomic mass is 9.68. The predicted octanol–water partition coefficient (Wildman–Crippen LogP) is 4.24. The Morgan fingerprint density at radius 3 is 2.58 bits per heavy atom. The van der Waals surface area contributed by atoms with Gasteiger partial charge in [-0.2, -0.15) is 0 Å². The standard InChI is InChI=1S/C22H32N2O2/c1-5-19(25-4)21(24(2)3)11-13-22(14-12-21)20-17(10-15-26-22)16-8-6-7-9-18(16)23-20/h6-9,19,23H,5,10-15H2,1-4H3. The Labute approximate surface area is 156 Å². The minimum atomic E-state index is -0.155. The van der Waals surface area contributed by atoms with E-state index < -0.39 is 0 Å². The molecule has 1 atom stereocenters. The number of likely N-dealkylation sites (N-methyl/N-ethyl adjacent to an activating group) is 1. The normalized spacial score (nSPS) is 30.0. The lowest BCUT2D eigenvalue weighted by Gasteiger charge is -2.53. The fourth-order valence-corrected chi connectivity index (χ4v) is 5.57. The van der Waals surface area contributed by atoms with Gasteiger partial charge in [-0.25, -0.2) is 0 Å². The molecule has 1 unspecified atom stereocenters. The Hall–Kier alpha value is -1.36. The summed E-state index contributed by atoms with van der Waals surface area (Å²) < 4.78 is 12.4. The molecule has 1 aromatic carbocycles. The second-order valence-electron chi connectivity index (χ2n) is 8.25. The number of hydrogen-bond donors (Lipinski definition) is 1. The van der Waals surface area contributed by atoms with Gasteiger partial charge >= 0.3 is 0 Å². The number of nitrogens with one attached hydrogen (secondary N) is 1. The van der Waals surface area contributed by atoms with Crippen LogP contribution < -0.4 is 0 Å². The molecule has 0 saturated heterocycles. The van der Waals surface area contributed by atoms with Crippen molar-refractivity contribution >= 4 is 10.9 Å². The molecule has 1 saturated carbocycles. The molecule has 4 heteroatoms. The quantitative estimate of drug-likeness (QED) is 0.890. The zero-order valence-corrected chi connectivity index (χ0v) is 16.6. The van der Waals surface area contributed by atoms with Crippen LogP contribution in [0, 0.1) is 0 Å².